The SMILES string of the molecule is COc1cc2c(cc1-c1c(C)noc1C)[nH]c1nc(C(=O)N3CCN(C)CC3)nc(-c3ccnc4ccccc34)c12. The van der Waals surface area contributed by atoms with Gasteiger partial charge in [-0.3, -0.25) is 9.78 Å². The molecule has 10 heteroatoms. The van der Waals surface area contributed by atoms with Gasteiger partial charge in [-0.15, -0.1) is 0 Å². The molecule has 7 rings (SSSR count). The number of ether oxygens (including phenoxy) is 1. The number of pyridine rings is 1. The van der Waals surface area contributed by atoms with E-state index >= 15 is 0 Å². The van der Waals surface area contributed by atoms with E-state index in [1.165, 1.54) is 0 Å². The first-order valence-corrected chi connectivity index (χ1v) is 13.6. The first-order chi connectivity index (χ1) is 19.9. The molecule has 41 heavy (non-hydrogen) atoms. The Hall–Kier alpha value is -4.83. The van der Waals surface area contributed by atoms with Crippen LogP contribution in [0.2, 0.25) is 0 Å². The van der Waals surface area contributed by atoms with E-state index in [0.29, 0.717) is 35.9 Å². The molecule has 206 valence electrons. The largest absolute Gasteiger partial charge is 0.496 e. The number of hydrogen-bond donors (Lipinski definition) is 1. The van der Waals surface area contributed by atoms with E-state index in [-0.39, 0.29) is 11.7 Å². The van der Waals surface area contributed by atoms with Gasteiger partial charge in [0, 0.05) is 59.8 Å². The molecule has 10 nitrogen and oxygen atoms in total. The van der Waals surface area contributed by atoms with Crippen molar-refractivity contribution in [3.63, 3.8) is 0 Å². The van der Waals surface area contributed by atoms with Gasteiger partial charge in [0.25, 0.3) is 5.91 Å². The number of methoxy groups -OCH3 is 1. The number of fused-ring (bicyclic) bond motifs is 4. The third-order valence-electron chi connectivity index (χ3n) is 7.96. The maximum atomic E-state index is 13.7. The second-order valence-corrected chi connectivity index (χ2v) is 10.5. The van der Waals surface area contributed by atoms with Crippen LogP contribution in [0, 0.1) is 13.8 Å². The number of hydrogen-bond acceptors (Lipinski definition) is 8. The first-order valence-electron chi connectivity index (χ1n) is 13.6. The Bertz CT molecular complexity index is 1940. The monoisotopic (exact) mass is 547 g/mol. The third-order valence-corrected chi connectivity index (χ3v) is 7.96. The molecule has 4 aromatic heterocycles. The Labute approximate surface area is 235 Å². The van der Waals surface area contributed by atoms with E-state index in [1.807, 2.05) is 61.2 Å². The molecule has 1 aliphatic rings. The van der Waals surface area contributed by atoms with Crippen molar-refractivity contribution in [2.24, 2.45) is 0 Å². The predicted octanol–water partition coefficient (Wildman–Crippen LogP) is 4.99. The van der Waals surface area contributed by atoms with Crippen LogP contribution in [0.3, 0.4) is 0 Å². The maximum absolute atomic E-state index is 13.7. The van der Waals surface area contributed by atoms with Crippen LogP contribution in [0.4, 0.5) is 0 Å². The minimum atomic E-state index is -0.174. The molecule has 0 spiro atoms. The number of benzene rings is 2. The van der Waals surface area contributed by atoms with E-state index in [1.54, 1.807) is 13.3 Å². The van der Waals surface area contributed by atoms with Crippen molar-refractivity contribution in [2.45, 2.75) is 13.8 Å². The zero-order valence-corrected chi connectivity index (χ0v) is 23.4. The van der Waals surface area contributed by atoms with Crippen molar-refractivity contribution in [2.75, 3.05) is 40.3 Å². The number of nitrogens with zero attached hydrogens (tertiary/aromatic N) is 6. The lowest BCUT2D eigenvalue weighted by Gasteiger charge is -2.31. The summed E-state index contributed by atoms with van der Waals surface area (Å²) in [5.41, 5.74) is 6.35. The number of aromatic nitrogens is 5. The summed E-state index contributed by atoms with van der Waals surface area (Å²) in [6, 6.07) is 13.9. The molecule has 6 aromatic rings. The van der Waals surface area contributed by atoms with Gasteiger partial charge in [0.2, 0.25) is 5.82 Å². The lowest BCUT2D eigenvalue weighted by atomic mass is 9.99. The van der Waals surface area contributed by atoms with Gasteiger partial charge in [-0.2, -0.15) is 0 Å². The summed E-state index contributed by atoms with van der Waals surface area (Å²) in [6.45, 7) is 6.69. The van der Waals surface area contributed by atoms with Crippen LogP contribution in [-0.2, 0) is 0 Å². The van der Waals surface area contributed by atoms with Crippen LogP contribution in [-0.4, -0.2) is 81.1 Å². The zero-order valence-electron chi connectivity index (χ0n) is 23.4. The van der Waals surface area contributed by atoms with E-state index in [4.69, 9.17) is 19.2 Å². The van der Waals surface area contributed by atoms with Crippen molar-refractivity contribution in [3.8, 4) is 28.1 Å². The van der Waals surface area contributed by atoms with Crippen LogP contribution >= 0.6 is 0 Å². The van der Waals surface area contributed by atoms with Gasteiger partial charge in [0.15, 0.2) is 0 Å². The highest BCUT2D eigenvalue weighted by molar-refractivity contribution is 6.16. The van der Waals surface area contributed by atoms with E-state index in [0.717, 1.165) is 62.7 Å². The lowest BCUT2D eigenvalue weighted by molar-refractivity contribution is 0.0652. The van der Waals surface area contributed by atoms with Gasteiger partial charge < -0.3 is 24.0 Å². The van der Waals surface area contributed by atoms with Gasteiger partial charge in [0.1, 0.15) is 17.2 Å². The molecule has 0 bridgehead atoms. The Morgan fingerprint density at radius 2 is 1.80 bits per heavy atom. The smallest absolute Gasteiger partial charge is 0.291 e. The summed E-state index contributed by atoms with van der Waals surface area (Å²) in [5.74, 6) is 1.38. The van der Waals surface area contributed by atoms with E-state index in [9.17, 15) is 4.79 Å². The maximum Gasteiger partial charge on any atom is 0.291 e. The Balaban J connectivity index is 1.51. The minimum absolute atomic E-state index is 0.169. The molecule has 0 unspecified atom stereocenters. The molecule has 1 aliphatic heterocycles. The molecular weight excluding hydrogens is 518 g/mol. The summed E-state index contributed by atoms with van der Waals surface area (Å²) in [4.78, 5) is 35.6. The highest BCUT2D eigenvalue weighted by Gasteiger charge is 2.27. The minimum Gasteiger partial charge on any atom is -0.496 e. The molecule has 2 aromatic carbocycles. The number of carbonyl (C=O) groups is 1. The topological polar surface area (TPSA) is 113 Å². The fraction of sp³-hybridized carbons (Fsp3) is 0.258. The second-order valence-electron chi connectivity index (χ2n) is 10.5. The van der Waals surface area contributed by atoms with Crippen molar-refractivity contribution in [3.05, 3.63) is 65.9 Å². The summed E-state index contributed by atoms with van der Waals surface area (Å²) in [6.07, 6.45) is 1.78. The van der Waals surface area contributed by atoms with Gasteiger partial charge in [-0.25, -0.2) is 9.97 Å². The number of H-pyrrole nitrogens is 1. The standard InChI is InChI=1S/C31H29N7O3/c1-17-26(18(2)41-36-17)22-15-24-21(16-25(22)40-4)27-28(20-9-10-32-23-8-6-5-7-19(20)23)34-30(35-29(27)33-24)31(39)38-13-11-37(3)12-14-38/h5-10,15-16H,11-14H2,1-4H3,(H,33,34,35). The molecule has 0 atom stereocenters. The third kappa shape index (κ3) is 4.10. The number of amides is 1. The highest BCUT2D eigenvalue weighted by atomic mass is 16.5. The van der Waals surface area contributed by atoms with Gasteiger partial charge in [0.05, 0.1) is 35.0 Å². The number of rotatable bonds is 4. The summed E-state index contributed by atoms with van der Waals surface area (Å²) < 4.78 is 11.3. The Morgan fingerprint density at radius 3 is 2.56 bits per heavy atom. The summed E-state index contributed by atoms with van der Waals surface area (Å²) in [7, 11) is 3.71. The normalized spacial score (nSPS) is 14.4. The van der Waals surface area contributed by atoms with Crippen LogP contribution in [0.5, 0.6) is 5.75 Å². The number of aromatic amines is 1. The molecule has 0 saturated carbocycles. The molecule has 1 N–H and O–H groups in total. The van der Waals surface area contributed by atoms with Crippen molar-refractivity contribution < 1.29 is 14.1 Å². The molecular formula is C31H29N7O3. The fourth-order valence-corrected chi connectivity index (χ4v) is 5.80. The fourth-order valence-electron chi connectivity index (χ4n) is 5.80. The summed E-state index contributed by atoms with van der Waals surface area (Å²) in [5, 5.41) is 6.79. The average Bonchev–Trinajstić information content (AvgIpc) is 3.53. The Morgan fingerprint density at radius 1 is 1.00 bits per heavy atom. The predicted molar refractivity (Wildman–Crippen MR) is 157 cm³/mol. The second kappa shape index (κ2) is 9.67. The molecule has 1 amide bonds. The van der Waals surface area contributed by atoms with Crippen molar-refractivity contribution in [1.82, 2.24) is 34.9 Å². The van der Waals surface area contributed by atoms with Crippen LogP contribution in [0.25, 0.3) is 55.2 Å². The molecule has 0 aliphatic carbocycles. The number of para-hydroxylation sites is 1. The van der Waals surface area contributed by atoms with Gasteiger partial charge in [-0.1, -0.05) is 23.4 Å². The number of carbonyl (C=O) groups excluding carboxylic acids is 1. The zero-order chi connectivity index (χ0) is 28.2. The van der Waals surface area contributed by atoms with E-state index < -0.39 is 0 Å². The van der Waals surface area contributed by atoms with Crippen LogP contribution < -0.4 is 4.74 Å². The summed E-state index contributed by atoms with van der Waals surface area (Å²) >= 11 is 0. The molecule has 1 saturated heterocycles. The molecule has 5 heterocycles. The Kier molecular flexibility index (Phi) is 5.93. The van der Waals surface area contributed by atoms with Crippen LogP contribution in [0.1, 0.15) is 22.1 Å². The molecule has 0 radical (unpaired) electrons. The van der Waals surface area contributed by atoms with Crippen molar-refractivity contribution in [1.29, 1.82) is 0 Å². The highest BCUT2D eigenvalue weighted by Crippen LogP contribution is 2.42. The van der Waals surface area contributed by atoms with Gasteiger partial charge in [-0.05, 0) is 45.2 Å². The molecule has 1 fully saturated rings. The van der Waals surface area contributed by atoms with Crippen molar-refractivity contribution >= 4 is 38.7 Å². The quantitative estimate of drug-likeness (QED) is 0.328. The van der Waals surface area contributed by atoms with E-state index in [2.05, 4.69) is 27.1 Å². The number of aryl methyl sites for hydroxylation is 2. The van der Waals surface area contributed by atoms with Gasteiger partial charge >= 0.3 is 0 Å². The number of piperazine rings is 1. The number of likely N-dealkylation sites (N-methyl/N-ethyl adjacent to an activating group) is 1. The first kappa shape index (κ1) is 25.2. The average molecular weight is 548 g/mol. The lowest BCUT2D eigenvalue weighted by Crippen LogP contribution is -2.47. The van der Waals surface area contributed by atoms with Crippen LogP contribution in [0.15, 0.2) is 53.2 Å². The number of nitrogens with one attached hydrogen (secondary N) is 1.